The molecule has 1 aromatic rings. The van der Waals surface area contributed by atoms with E-state index in [1.54, 1.807) is 0 Å². The summed E-state index contributed by atoms with van der Waals surface area (Å²) in [5.41, 5.74) is 1.09. The maximum Gasteiger partial charge on any atom is 0.236 e. The fraction of sp³-hybridized carbons (Fsp3) is 0.500. The lowest BCUT2D eigenvalue weighted by atomic mass is 10.1. The summed E-state index contributed by atoms with van der Waals surface area (Å²) >= 11 is 0. The van der Waals surface area contributed by atoms with Gasteiger partial charge in [0.05, 0.1) is 6.54 Å². The van der Waals surface area contributed by atoms with Gasteiger partial charge in [0, 0.05) is 19.6 Å². The molecule has 1 fully saturated rings. The third kappa shape index (κ3) is 5.09. The quantitative estimate of drug-likeness (QED) is 0.864. The van der Waals surface area contributed by atoms with Crippen LogP contribution in [0.1, 0.15) is 24.8 Å². The number of carbonyl (C=O) groups excluding carboxylic acids is 1. The fourth-order valence-corrected chi connectivity index (χ4v) is 2.39. The summed E-state index contributed by atoms with van der Waals surface area (Å²) < 4.78 is 5.19. The van der Waals surface area contributed by atoms with E-state index in [-0.39, 0.29) is 12.5 Å². The predicted molar refractivity (Wildman–Crippen MR) is 79.7 cm³/mol. The molecule has 1 saturated heterocycles. The number of hydrogen-bond acceptors (Lipinski definition) is 4. The third-order valence-corrected chi connectivity index (χ3v) is 3.54. The van der Waals surface area contributed by atoms with E-state index in [4.69, 9.17) is 10.00 Å². The summed E-state index contributed by atoms with van der Waals surface area (Å²) in [6.07, 6.45) is 3.48. The lowest BCUT2D eigenvalue weighted by molar-refractivity contribution is -0.131. The van der Waals surface area contributed by atoms with Crippen molar-refractivity contribution in [1.29, 1.82) is 5.26 Å². The van der Waals surface area contributed by atoms with Crippen LogP contribution in [-0.4, -0.2) is 37.0 Å². The maximum atomic E-state index is 12.0. The lowest BCUT2D eigenvalue weighted by Crippen LogP contribution is -2.40. The Hall–Kier alpha value is -2.06. The van der Waals surface area contributed by atoms with E-state index in [0.717, 1.165) is 31.5 Å². The number of nitrogens with one attached hydrogen (secondary N) is 1. The van der Waals surface area contributed by atoms with Gasteiger partial charge in [-0.15, -0.1) is 0 Å². The van der Waals surface area contributed by atoms with Gasteiger partial charge in [-0.05, 0) is 37.0 Å². The third-order valence-electron chi connectivity index (χ3n) is 3.54. The number of amides is 1. The first-order valence-corrected chi connectivity index (χ1v) is 7.37. The van der Waals surface area contributed by atoms with Crippen LogP contribution in [0.3, 0.4) is 0 Å². The molecule has 1 amide bonds. The Morgan fingerprint density at radius 1 is 1.24 bits per heavy atom. The molecule has 0 unspecified atom stereocenters. The van der Waals surface area contributed by atoms with Gasteiger partial charge >= 0.3 is 0 Å². The second kappa shape index (κ2) is 8.28. The molecular weight excluding hydrogens is 266 g/mol. The second-order valence-corrected chi connectivity index (χ2v) is 5.14. The monoisotopic (exact) mass is 287 g/mol. The summed E-state index contributed by atoms with van der Waals surface area (Å²) in [5, 5.41) is 11.6. The zero-order valence-corrected chi connectivity index (χ0v) is 12.2. The van der Waals surface area contributed by atoms with Crippen LogP contribution in [0, 0.1) is 11.3 Å². The van der Waals surface area contributed by atoms with Crippen molar-refractivity contribution in [2.24, 2.45) is 0 Å². The normalized spacial score (nSPS) is 14.5. The largest absolute Gasteiger partial charge is 0.479 e. The molecule has 1 N–H and O–H groups in total. The van der Waals surface area contributed by atoms with Crippen molar-refractivity contribution in [3.63, 3.8) is 0 Å². The van der Waals surface area contributed by atoms with Crippen LogP contribution in [0.4, 0.5) is 0 Å². The van der Waals surface area contributed by atoms with Gasteiger partial charge in [0.25, 0.3) is 0 Å². The highest BCUT2D eigenvalue weighted by Crippen LogP contribution is 2.12. The number of nitriles is 1. The van der Waals surface area contributed by atoms with Crippen LogP contribution >= 0.6 is 0 Å². The maximum absolute atomic E-state index is 12.0. The van der Waals surface area contributed by atoms with Crippen molar-refractivity contribution in [2.45, 2.75) is 25.8 Å². The summed E-state index contributed by atoms with van der Waals surface area (Å²) in [6, 6.07) is 9.47. The second-order valence-electron chi connectivity index (χ2n) is 5.14. The van der Waals surface area contributed by atoms with E-state index in [2.05, 4.69) is 5.32 Å². The minimum absolute atomic E-state index is 0.0575. The van der Waals surface area contributed by atoms with Crippen molar-refractivity contribution in [3.05, 3.63) is 29.8 Å². The van der Waals surface area contributed by atoms with Gasteiger partial charge in [0.2, 0.25) is 5.91 Å². The molecule has 1 aliphatic rings. The highest BCUT2D eigenvalue weighted by molar-refractivity contribution is 5.78. The number of hydrogen-bond donors (Lipinski definition) is 1. The van der Waals surface area contributed by atoms with Gasteiger partial charge in [-0.1, -0.05) is 12.1 Å². The van der Waals surface area contributed by atoms with E-state index in [0.29, 0.717) is 18.8 Å². The molecule has 0 aromatic heterocycles. The molecule has 112 valence electrons. The molecule has 0 bridgehead atoms. The smallest absolute Gasteiger partial charge is 0.236 e. The summed E-state index contributed by atoms with van der Waals surface area (Å²) in [6.45, 7) is 2.88. The Bertz CT molecular complexity index is 487. The Kier molecular flexibility index (Phi) is 6.04. The van der Waals surface area contributed by atoms with E-state index < -0.39 is 0 Å². The van der Waals surface area contributed by atoms with Gasteiger partial charge in [-0.2, -0.15) is 5.26 Å². The van der Waals surface area contributed by atoms with Crippen molar-refractivity contribution >= 4 is 5.91 Å². The Labute approximate surface area is 125 Å². The van der Waals surface area contributed by atoms with Gasteiger partial charge < -0.3 is 15.0 Å². The van der Waals surface area contributed by atoms with Gasteiger partial charge in [0.15, 0.2) is 6.61 Å². The number of rotatable bonds is 6. The molecular formula is C16H21N3O2. The van der Waals surface area contributed by atoms with Crippen LogP contribution in [0.15, 0.2) is 24.3 Å². The number of nitrogens with zero attached hydrogens (tertiary/aromatic N) is 2. The molecule has 1 aliphatic heterocycles. The average Bonchev–Trinajstić information content (AvgIpc) is 2.55. The first kappa shape index (κ1) is 15.3. The van der Waals surface area contributed by atoms with Gasteiger partial charge in [-0.3, -0.25) is 4.79 Å². The highest BCUT2D eigenvalue weighted by Gasteiger charge is 2.15. The van der Waals surface area contributed by atoms with Crippen LogP contribution in [-0.2, 0) is 11.3 Å². The zero-order chi connectivity index (χ0) is 14.9. The van der Waals surface area contributed by atoms with Crippen LogP contribution in [0.25, 0.3) is 0 Å². The van der Waals surface area contributed by atoms with Crippen LogP contribution in [0.5, 0.6) is 5.75 Å². The van der Waals surface area contributed by atoms with Crippen LogP contribution < -0.4 is 10.1 Å². The van der Waals surface area contributed by atoms with Crippen molar-refractivity contribution in [2.75, 3.05) is 26.2 Å². The molecule has 0 aliphatic carbocycles. The van der Waals surface area contributed by atoms with E-state index >= 15 is 0 Å². The topological polar surface area (TPSA) is 65.4 Å². The number of piperidine rings is 1. The molecule has 5 heteroatoms. The predicted octanol–water partition coefficient (Wildman–Crippen LogP) is 1.69. The molecule has 2 rings (SSSR count). The Morgan fingerprint density at radius 3 is 2.62 bits per heavy atom. The standard InChI is InChI=1S/C16H21N3O2/c17-8-11-21-15-6-4-14(5-7-15)12-18-13-16(20)19-9-2-1-3-10-19/h4-7,18H,1-3,9-13H2. The van der Waals surface area contributed by atoms with E-state index in [1.165, 1.54) is 6.42 Å². The molecule has 1 aromatic carbocycles. The van der Waals surface area contributed by atoms with Crippen molar-refractivity contribution < 1.29 is 9.53 Å². The molecule has 0 saturated carbocycles. The van der Waals surface area contributed by atoms with Crippen LogP contribution in [0.2, 0.25) is 0 Å². The van der Waals surface area contributed by atoms with Gasteiger partial charge in [0.1, 0.15) is 11.8 Å². The number of likely N-dealkylation sites (tertiary alicyclic amines) is 1. The molecule has 0 spiro atoms. The van der Waals surface area contributed by atoms with E-state index in [1.807, 2.05) is 35.2 Å². The van der Waals surface area contributed by atoms with E-state index in [9.17, 15) is 4.79 Å². The molecule has 21 heavy (non-hydrogen) atoms. The summed E-state index contributed by atoms with van der Waals surface area (Å²) in [4.78, 5) is 13.9. The fourth-order valence-electron chi connectivity index (χ4n) is 2.39. The first-order valence-electron chi connectivity index (χ1n) is 7.37. The number of ether oxygens (including phenoxy) is 1. The molecule has 0 radical (unpaired) electrons. The minimum Gasteiger partial charge on any atom is -0.479 e. The SMILES string of the molecule is N#CCOc1ccc(CNCC(=O)N2CCCCC2)cc1. The Balaban J connectivity index is 1.70. The lowest BCUT2D eigenvalue weighted by Gasteiger charge is -2.26. The summed E-state index contributed by atoms with van der Waals surface area (Å²) in [7, 11) is 0. The molecule has 1 heterocycles. The number of carbonyl (C=O) groups is 1. The molecule has 0 atom stereocenters. The molecule has 5 nitrogen and oxygen atoms in total. The highest BCUT2D eigenvalue weighted by atomic mass is 16.5. The van der Waals surface area contributed by atoms with Crippen molar-refractivity contribution in [3.8, 4) is 11.8 Å². The minimum atomic E-state index is 0.0575. The Morgan fingerprint density at radius 2 is 1.95 bits per heavy atom. The number of benzene rings is 1. The van der Waals surface area contributed by atoms with Crippen molar-refractivity contribution in [1.82, 2.24) is 10.2 Å². The van der Waals surface area contributed by atoms with Gasteiger partial charge in [-0.25, -0.2) is 0 Å². The summed E-state index contributed by atoms with van der Waals surface area (Å²) in [5.74, 6) is 0.869. The first-order chi connectivity index (χ1) is 10.3. The average molecular weight is 287 g/mol. The zero-order valence-electron chi connectivity index (χ0n) is 12.2.